The van der Waals surface area contributed by atoms with E-state index in [2.05, 4.69) is 15.3 Å². The molecule has 0 unspecified atom stereocenters. The molecule has 0 fully saturated rings. The summed E-state index contributed by atoms with van der Waals surface area (Å²) in [4.78, 5) is 19.9. The largest absolute Gasteiger partial charge is 0.353 e. The number of rotatable bonds is 4. The van der Waals surface area contributed by atoms with Gasteiger partial charge in [-0.1, -0.05) is 36.4 Å². The molecule has 5 heteroatoms. The first-order chi connectivity index (χ1) is 12.2. The number of benzene rings is 2. The minimum absolute atomic E-state index is 0.255. The van der Waals surface area contributed by atoms with Gasteiger partial charge in [-0.25, -0.2) is 9.37 Å². The van der Waals surface area contributed by atoms with Gasteiger partial charge < -0.3 is 10.3 Å². The number of hydrogen-bond acceptors (Lipinski definition) is 2. The van der Waals surface area contributed by atoms with Gasteiger partial charge >= 0.3 is 0 Å². The van der Waals surface area contributed by atoms with E-state index in [1.54, 1.807) is 30.5 Å². The Bertz CT molecular complexity index is 1070. The quantitative estimate of drug-likeness (QED) is 0.596. The zero-order valence-electron chi connectivity index (χ0n) is 13.4. The maximum atomic E-state index is 13.6. The van der Waals surface area contributed by atoms with Gasteiger partial charge in [0.2, 0.25) is 0 Å². The molecule has 2 aromatic heterocycles. The summed E-state index contributed by atoms with van der Waals surface area (Å²) < 4.78 is 13.6. The van der Waals surface area contributed by atoms with Gasteiger partial charge in [0.05, 0.1) is 11.7 Å². The fraction of sp³-hybridized carbons (Fsp3) is 0.100. The molecule has 0 radical (unpaired) electrons. The lowest BCUT2D eigenvalue weighted by Crippen LogP contribution is -2.26. The van der Waals surface area contributed by atoms with Gasteiger partial charge in [-0.05, 0) is 30.2 Å². The Labute approximate surface area is 143 Å². The third-order valence-corrected chi connectivity index (χ3v) is 4.26. The second-order valence-electron chi connectivity index (χ2n) is 5.88. The number of carbonyl (C=O) groups excluding carboxylic acids is 1. The Hall–Kier alpha value is -3.21. The van der Waals surface area contributed by atoms with Crippen molar-refractivity contribution in [1.82, 2.24) is 15.3 Å². The summed E-state index contributed by atoms with van der Waals surface area (Å²) >= 11 is 0. The molecule has 124 valence electrons. The summed E-state index contributed by atoms with van der Waals surface area (Å²) in [6, 6.07) is 16.3. The van der Waals surface area contributed by atoms with Gasteiger partial charge in [0.15, 0.2) is 0 Å². The van der Waals surface area contributed by atoms with Crippen LogP contribution in [0.25, 0.3) is 21.8 Å². The number of aromatic nitrogens is 2. The molecule has 0 bridgehead atoms. The number of H-pyrrole nitrogens is 1. The van der Waals surface area contributed by atoms with Crippen LogP contribution in [-0.2, 0) is 6.42 Å². The topological polar surface area (TPSA) is 57.8 Å². The Kier molecular flexibility index (Phi) is 3.90. The molecule has 25 heavy (non-hydrogen) atoms. The lowest BCUT2D eigenvalue weighted by atomic mass is 10.1. The van der Waals surface area contributed by atoms with Gasteiger partial charge in [-0.3, -0.25) is 4.79 Å². The first-order valence-electron chi connectivity index (χ1n) is 8.10. The normalized spacial score (nSPS) is 11.1. The summed E-state index contributed by atoms with van der Waals surface area (Å²) in [5.41, 5.74) is 2.84. The van der Waals surface area contributed by atoms with E-state index in [9.17, 15) is 9.18 Å². The number of pyridine rings is 1. The Morgan fingerprint density at radius 2 is 1.84 bits per heavy atom. The van der Waals surface area contributed by atoms with E-state index in [4.69, 9.17) is 0 Å². The first-order valence-corrected chi connectivity index (χ1v) is 8.10. The zero-order valence-corrected chi connectivity index (χ0v) is 13.4. The molecule has 4 aromatic rings. The first kappa shape index (κ1) is 15.3. The molecular formula is C20H16FN3O. The van der Waals surface area contributed by atoms with Crippen molar-refractivity contribution in [2.24, 2.45) is 0 Å². The monoisotopic (exact) mass is 333 g/mol. The lowest BCUT2D eigenvalue weighted by molar-refractivity contribution is 0.0949. The number of halogens is 1. The van der Waals surface area contributed by atoms with Crippen LogP contribution in [0, 0.1) is 5.82 Å². The highest BCUT2D eigenvalue weighted by Crippen LogP contribution is 2.24. The summed E-state index contributed by atoms with van der Waals surface area (Å²) in [7, 11) is 0. The predicted octanol–water partition coefficient (Wildman–Crippen LogP) is 3.83. The van der Waals surface area contributed by atoms with Gasteiger partial charge in [-0.2, -0.15) is 0 Å². The number of carbonyl (C=O) groups is 1. The Morgan fingerprint density at radius 3 is 2.72 bits per heavy atom. The highest BCUT2D eigenvalue weighted by molar-refractivity contribution is 6.09. The summed E-state index contributed by atoms with van der Waals surface area (Å²) in [6.07, 6.45) is 2.11. The van der Waals surface area contributed by atoms with Crippen molar-refractivity contribution in [2.75, 3.05) is 6.54 Å². The van der Waals surface area contributed by atoms with Crippen molar-refractivity contribution in [1.29, 1.82) is 0 Å². The number of aromatic amines is 1. The average Bonchev–Trinajstić information content (AvgIpc) is 3.01. The van der Waals surface area contributed by atoms with Crippen LogP contribution in [0.1, 0.15) is 16.1 Å². The minimum Gasteiger partial charge on any atom is -0.353 e. The van der Waals surface area contributed by atoms with E-state index in [0.29, 0.717) is 24.2 Å². The third-order valence-electron chi connectivity index (χ3n) is 4.26. The molecule has 4 nitrogen and oxygen atoms in total. The zero-order chi connectivity index (χ0) is 17.2. The van der Waals surface area contributed by atoms with Crippen molar-refractivity contribution >= 4 is 27.7 Å². The van der Waals surface area contributed by atoms with Crippen LogP contribution in [0.15, 0.2) is 60.8 Å². The minimum atomic E-state index is -0.261. The Balaban J connectivity index is 1.52. The third kappa shape index (κ3) is 2.96. The summed E-state index contributed by atoms with van der Waals surface area (Å²) in [6.45, 7) is 0.355. The van der Waals surface area contributed by atoms with Crippen LogP contribution in [-0.4, -0.2) is 22.4 Å². The van der Waals surface area contributed by atoms with E-state index in [1.165, 1.54) is 6.07 Å². The number of hydrogen-bond donors (Lipinski definition) is 2. The van der Waals surface area contributed by atoms with Gasteiger partial charge in [0.1, 0.15) is 11.5 Å². The molecule has 2 heterocycles. The fourth-order valence-corrected chi connectivity index (χ4v) is 2.98. The molecule has 0 aliphatic rings. The second kappa shape index (κ2) is 6.36. The predicted molar refractivity (Wildman–Crippen MR) is 96.0 cm³/mol. The van der Waals surface area contributed by atoms with Crippen LogP contribution >= 0.6 is 0 Å². The molecule has 0 aliphatic heterocycles. The highest BCUT2D eigenvalue weighted by Gasteiger charge is 2.11. The van der Waals surface area contributed by atoms with Crippen molar-refractivity contribution in [3.8, 4) is 0 Å². The van der Waals surface area contributed by atoms with Crippen molar-refractivity contribution in [2.45, 2.75) is 6.42 Å². The molecule has 4 rings (SSSR count). The smallest absolute Gasteiger partial charge is 0.269 e. The SMILES string of the molecule is O=C(NCCc1ccccc1F)c1cc2c(cn1)[nH]c1ccccc12. The maximum Gasteiger partial charge on any atom is 0.269 e. The summed E-state index contributed by atoms with van der Waals surface area (Å²) in [5, 5.41) is 4.82. The Morgan fingerprint density at radius 1 is 1.04 bits per heavy atom. The molecule has 0 saturated carbocycles. The number of nitrogens with zero attached hydrogens (tertiary/aromatic N) is 1. The van der Waals surface area contributed by atoms with Crippen LogP contribution in [0.3, 0.4) is 0 Å². The molecule has 0 atom stereocenters. The molecule has 2 N–H and O–H groups in total. The fourth-order valence-electron chi connectivity index (χ4n) is 2.98. The molecule has 0 spiro atoms. The molecular weight excluding hydrogens is 317 g/mol. The van der Waals surface area contributed by atoms with Gasteiger partial charge in [-0.15, -0.1) is 0 Å². The van der Waals surface area contributed by atoms with Gasteiger partial charge in [0.25, 0.3) is 5.91 Å². The number of fused-ring (bicyclic) bond motifs is 3. The molecule has 0 saturated heterocycles. The van der Waals surface area contributed by atoms with Crippen LogP contribution in [0.4, 0.5) is 4.39 Å². The standard InChI is InChI=1S/C20H16FN3O/c21-16-7-3-1-5-13(16)9-10-22-20(25)18-11-15-14-6-2-4-8-17(14)24-19(15)12-23-18/h1-8,11-12,24H,9-10H2,(H,22,25). The van der Waals surface area contributed by atoms with Crippen LogP contribution < -0.4 is 5.32 Å². The van der Waals surface area contributed by atoms with E-state index >= 15 is 0 Å². The van der Waals surface area contributed by atoms with Crippen molar-refractivity contribution in [3.05, 3.63) is 77.9 Å². The van der Waals surface area contributed by atoms with E-state index in [0.717, 1.165) is 21.8 Å². The van der Waals surface area contributed by atoms with Gasteiger partial charge in [0, 0.05) is 22.8 Å². The number of para-hydroxylation sites is 1. The molecule has 0 aliphatic carbocycles. The number of amides is 1. The van der Waals surface area contributed by atoms with Crippen molar-refractivity contribution in [3.63, 3.8) is 0 Å². The van der Waals surface area contributed by atoms with Crippen LogP contribution in [0.5, 0.6) is 0 Å². The van der Waals surface area contributed by atoms with E-state index < -0.39 is 0 Å². The lowest BCUT2D eigenvalue weighted by Gasteiger charge is -2.06. The van der Waals surface area contributed by atoms with E-state index in [-0.39, 0.29) is 11.7 Å². The van der Waals surface area contributed by atoms with E-state index in [1.807, 2.05) is 24.3 Å². The summed E-state index contributed by atoms with van der Waals surface area (Å²) in [5.74, 6) is -0.515. The maximum absolute atomic E-state index is 13.6. The molecule has 2 aromatic carbocycles. The van der Waals surface area contributed by atoms with Crippen molar-refractivity contribution < 1.29 is 9.18 Å². The second-order valence-corrected chi connectivity index (χ2v) is 5.88. The number of nitrogens with one attached hydrogen (secondary N) is 2. The molecule has 1 amide bonds. The van der Waals surface area contributed by atoms with Crippen LogP contribution in [0.2, 0.25) is 0 Å². The average molecular weight is 333 g/mol. The highest BCUT2D eigenvalue weighted by atomic mass is 19.1.